The molecule has 2 N–H and O–H groups in total. The number of benzene rings is 2. The second kappa shape index (κ2) is 15.2. The van der Waals surface area contributed by atoms with Gasteiger partial charge in [0, 0.05) is 17.9 Å². The number of thiocarbonyl (C=S) groups is 1. The van der Waals surface area contributed by atoms with Gasteiger partial charge in [0.05, 0.1) is 13.2 Å². The Morgan fingerprint density at radius 3 is 2.38 bits per heavy atom. The quantitative estimate of drug-likeness (QED) is 0.285. The Hall–Kier alpha value is -2.64. The van der Waals surface area contributed by atoms with Gasteiger partial charge in [-0.15, -0.1) is 0 Å². The van der Waals surface area contributed by atoms with E-state index in [1.807, 2.05) is 31.2 Å². The lowest BCUT2D eigenvalue weighted by Gasteiger charge is -2.12. The summed E-state index contributed by atoms with van der Waals surface area (Å²) in [6.07, 6.45) is 6.05. The molecular formula is C25H34N2O4S. The Morgan fingerprint density at radius 1 is 0.875 bits per heavy atom. The van der Waals surface area contributed by atoms with Gasteiger partial charge in [0.15, 0.2) is 5.11 Å². The zero-order chi connectivity index (χ0) is 23.0. The highest BCUT2D eigenvalue weighted by molar-refractivity contribution is 7.80. The molecule has 0 spiro atoms. The highest BCUT2D eigenvalue weighted by atomic mass is 32.1. The molecule has 0 radical (unpaired) electrons. The minimum Gasteiger partial charge on any atom is -0.494 e. The van der Waals surface area contributed by atoms with E-state index >= 15 is 0 Å². The third-order valence-electron chi connectivity index (χ3n) is 4.65. The van der Waals surface area contributed by atoms with Crippen molar-refractivity contribution in [2.45, 2.75) is 46.0 Å². The molecule has 0 fully saturated rings. The molecule has 7 heteroatoms. The van der Waals surface area contributed by atoms with Gasteiger partial charge in [-0.2, -0.15) is 0 Å². The van der Waals surface area contributed by atoms with Crippen LogP contribution in [-0.2, 0) is 4.74 Å². The van der Waals surface area contributed by atoms with Crippen LogP contribution in [0.15, 0.2) is 48.5 Å². The van der Waals surface area contributed by atoms with Crippen LogP contribution in [0.25, 0.3) is 0 Å². The van der Waals surface area contributed by atoms with Crippen LogP contribution in [0, 0.1) is 0 Å². The van der Waals surface area contributed by atoms with Crippen molar-refractivity contribution in [3.63, 3.8) is 0 Å². The van der Waals surface area contributed by atoms with Crippen molar-refractivity contribution >= 4 is 28.9 Å². The normalized spacial score (nSPS) is 10.4. The number of carbonyl (C=O) groups is 1. The number of hydrogen-bond donors (Lipinski definition) is 2. The number of nitrogens with one attached hydrogen (secondary N) is 2. The molecule has 0 aromatic heterocycles. The monoisotopic (exact) mass is 458 g/mol. The maximum Gasteiger partial charge on any atom is 0.257 e. The number of hydrogen-bond acceptors (Lipinski definition) is 5. The molecule has 2 rings (SSSR count). The summed E-state index contributed by atoms with van der Waals surface area (Å²) in [7, 11) is 0. The van der Waals surface area contributed by atoms with Crippen molar-refractivity contribution in [3.8, 4) is 11.5 Å². The fourth-order valence-electron chi connectivity index (χ4n) is 2.96. The van der Waals surface area contributed by atoms with Crippen LogP contribution >= 0.6 is 12.2 Å². The van der Waals surface area contributed by atoms with Crippen molar-refractivity contribution < 1.29 is 19.0 Å². The van der Waals surface area contributed by atoms with Gasteiger partial charge in [0.1, 0.15) is 18.1 Å². The van der Waals surface area contributed by atoms with E-state index < -0.39 is 0 Å². The number of rotatable bonds is 14. The molecule has 0 aliphatic carbocycles. The Bertz CT molecular complexity index is 827. The van der Waals surface area contributed by atoms with E-state index in [0.29, 0.717) is 31.1 Å². The maximum absolute atomic E-state index is 12.5. The fourth-order valence-corrected chi connectivity index (χ4v) is 3.17. The molecular weight excluding hydrogens is 424 g/mol. The summed E-state index contributed by atoms with van der Waals surface area (Å²) < 4.78 is 16.6. The van der Waals surface area contributed by atoms with E-state index in [1.54, 1.807) is 24.3 Å². The summed E-state index contributed by atoms with van der Waals surface area (Å²) >= 11 is 5.28. The molecule has 0 saturated carbocycles. The van der Waals surface area contributed by atoms with Gasteiger partial charge in [-0.3, -0.25) is 10.1 Å². The summed E-state index contributed by atoms with van der Waals surface area (Å²) in [5.41, 5.74) is 1.24. The van der Waals surface area contributed by atoms with Crippen molar-refractivity contribution in [2.24, 2.45) is 0 Å². The van der Waals surface area contributed by atoms with Gasteiger partial charge < -0.3 is 19.5 Å². The lowest BCUT2D eigenvalue weighted by molar-refractivity contribution is 0.0976. The van der Waals surface area contributed by atoms with Crippen molar-refractivity contribution in [1.29, 1.82) is 0 Å². The van der Waals surface area contributed by atoms with Crippen LogP contribution in [0.3, 0.4) is 0 Å². The molecule has 6 nitrogen and oxygen atoms in total. The molecule has 1 amide bonds. The number of unbranched alkanes of at least 4 members (excludes halogenated alkanes) is 4. The van der Waals surface area contributed by atoms with Crippen LogP contribution in [0.1, 0.15) is 56.3 Å². The van der Waals surface area contributed by atoms with Crippen molar-refractivity contribution in [2.75, 3.05) is 31.7 Å². The Kier molecular flexibility index (Phi) is 12.2. The third-order valence-corrected chi connectivity index (χ3v) is 4.86. The predicted octanol–water partition coefficient (Wildman–Crippen LogP) is 5.58. The summed E-state index contributed by atoms with van der Waals surface area (Å²) in [5, 5.41) is 5.94. The van der Waals surface area contributed by atoms with Crippen molar-refractivity contribution in [3.05, 3.63) is 54.1 Å². The van der Waals surface area contributed by atoms with Gasteiger partial charge in [0.2, 0.25) is 0 Å². The first-order chi connectivity index (χ1) is 15.6. The highest BCUT2D eigenvalue weighted by Gasteiger charge is 2.09. The van der Waals surface area contributed by atoms with Crippen molar-refractivity contribution in [1.82, 2.24) is 5.32 Å². The zero-order valence-corrected chi connectivity index (χ0v) is 19.8. The van der Waals surface area contributed by atoms with Crippen LogP contribution in [0.4, 0.5) is 5.69 Å². The second-order valence-electron chi connectivity index (χ2n) is 7.27. The van der Waals surface area contributed by atoms with Gasteiger partial charge >= 0.3 is 0 Å². The summed E-state index contributed by atoms with van der Waals surface area (Å²) in [4.78, 5) is 12.5. The predicted molar refractivity (Wildman–Crippen MR) is 133 cm³/mol. The van der Waals surface area contributed by atoms with Gasteiger partial charge in [-0.25, -0.2) is 0 Å². The Labute approximate surface area is 196 Å². The molecule has 174 valence electrons. The number of carbonyl (C=O) groups excluding carboxylic acids is 1. The fraction of sp³-hybridized carbons (Fsp3) is 0.440. The topological polar surface area (TPSA) is 68.8 Å². The first kappa shape index (κ1) is 25.6. The van der Waals surface area contributed by atoms with E-state index in [1.165, 1.54) is 25.7 Å². The molecule has 0 aliphatic rings. The molecule has 0 heterocycles. The molecule has 2 aromatic carbocycles. The zero-order valence-electron chi connectivity index (χ0n) is 19.0. The SMILES string of the molecule is CCCCCCCOc1ccc(NC(=S)NC(=O)c2cccc(OCCOCC)c2)cc1. The van der Waals surface area contributed by atoms with Gasteiger partial charge in [-0.1, -0.05) is 38.7 Å². The molecule has 0 unspecified atom stereocenters. The van der Waals surface area contributed by atoms with Crippen LogP contribution in [0.2, 0.25) is 0 Å². The Morgan fingerprint density at radius 2 is 1.62 bits per heavy atom. The molecule has 0 atom stereocenters. The summed E-state index contributed by atoms with van der Waals surface area (Å²) in [5.74, 6) is 1.13. The summed E-state index contributed by atoms with van der Waals surface area (Å²) in [6.45, 7) is 6.44. The smallest absolute Gasteiger partial charge is 0.257 e. The summed E-state index contributed by atoms with van der Waals surface area (Å²) in [6, 6.07) is 14.5. The molecule has 0 saturated heterocycles. The van der Waals surface area contributed by atoms with E-state index in [0.717, 1.165) is 24.5 Å². The minimum absolute atomic E-state index is 0.224. The number of anilines is 1. The van der Waals surface area contributed by atoms with Gasteiger partial charge in [-0.05, 0) is 68.0 Å². The first-order valence-electron chi connectivity index (χ1n) is 11.3. The number of ether oxygens (including phenoxy) is 3. The van der Waals surface area contributed by atoms with Gasteiger partial charge in [0.25, 0.3) is 5.91 Å². The first-order valence-corrected chi connectivity index (χ1v) is 11.7. The molecule has 0 bridgehead atoms. The highest BCUT2D eigenvalue weighted by Crippen LogP contribution is 2.17. The maximum atomic E-state index is 12.5. The lowest BCUT2D eigenvalue weighted by Crippen LogP contribution is -2.34. The third kappa shape index (κ3) is 10.1. The molecule has 0 aliphatic heterocycles. The van der Waals surface area contributed by atoms with Crippen LogP contribution in [0.5, 0.6) is 11.5 Å². The van der Waals surface area contributed by atoms with Crippen LogP contribution in [-0.4, -0.2) is 37.4 Å². The van der Waals surface area contributed by atoms with E-state index in [4.69, 9.17) is 26.4 Å². The Balaban J connectivity index is 1.75. The van der Waals surface area contributed by atoms with E-state index in [9.17, 15) is 4.79 Å². The van der Waals surface area contributed by atoms with E-state index in [2.05, 4.69) is 17.6 Å². The largest absolute Gasteiger partial charge is 0.494 e. The average Bonchev–Trinajstić information content (AvgIpc) is 2.80. The average molecular weight is 459 g/mol. The van der Waals surface area contributed by atoms with Crippen LogP contribution < -0.4 is 20.1 Å². The lowest BCUT2D eigenvalue weighted by atomic mass is 10.2. The molecule has 32 heavy (non-hydrogen) atoms. The molecule has 2 aromatic rings. The minimum atomic E-state index is -0.305. The van der Waals surface area contributed by atoms with E-state index in [-0.39, 0.29) is 11.0 Å². The standard InChI is InChI=1S/C25H34N2O4S/c1-3-5-6-7-8-16-30-22-14-12-21(13-15-22)26-25(32)27-24(28)20-10-9-11-23(19-20)31-18-17-29-4-2/h9-15,19H,3-8,16-18H2,1-2H3,(H2,26,27,28,32). The second-order valence-corrected chi connectivity index (χ2v) is 7.68. The number of amides is 1.